The van der Waals surface area contributed by atoms with Crippen molar-refractivity contribution in [3.05, 3.63) is 77.6 Å². The van der Waals surface area contributed by atoms with Crippen LogP contribution in [0.2, 0.25) is 5.02 Å². The third-order valence-corrected chi connectivity index (χ3v) is 3.93. The van der Waals surface area contributed by atoms with E-state index in [0.29, 0.717) is 22.1 Å². The lowest BCUT2D eigenvalue weighted by Crippen LogP contribution is -2.51. The van der Waals surface area contributed by atoms with E-state index < -0.39 is 6.04 Å². The van der Waals surface area contributed by atoms with Crippen LogP contribution in [-0.2, 0) is 0 Å². The minimum atomic E-state index is -0.606. The quantitative estimate of drug-likeness (QED) is 0.376. The van der Waals surface area contributed by atoms with Gasteiger partial charge in [-0.05, 0) is 37.3 Å². The molecule has 2 aromatic rings. The summed E-state index contributed by atoms with van der Waals surface area (Å²) in [6.45, 7) is 6.15. The molecule has 0 amide bonds. The van der Waals surface area contributed by atoms with Gasteiger partial charge in [0, 0.05) is 28.8 Å². The number of nitrogens with zero attached hydrogens (tertiary/aromatic N) is 1. The van der Waals surface area contributed by atoms with E-state index in [4.69, 9.17) is 23.8 Å². The average molecular weight is 346 g/mol. The standard InChI is InChI=1S/C18H17ClN2OS/c1-3-10-20-18(23)16(21-11-4-5-13(2)12-21)17(22)14-6-8-15(19)9-7-14/h3-9,11-12,16H,1,10H2,2H3/p+1/t16-/m0/s1. The summed E-state index contributed by atoms with van der Waals surface area (Å²) in [7, 11) is 0. The average Bonchev–Trinajstić information content (AvgIpc) is 2.53. The van der Waals surface area contributed by atoms with Crippen molar-refractivity contribution in [1.29, 1.82) is 0 Å². The molecule has 23 heavy (non-hydrogen) atoms. The zero-order valence-corrected chi connectivity index (χ0v) is 14.4. The molecule has 1 atom stereocenters. The topological polar surface area (TPSA) is 33.0 Å². The van der Waals surface area contributed by atoms with Gasteiger partial charge in [0.15, 0.2) is 17.4 Å². The van der Waals surface area contributed by atoms with Crippen molar-refractivity contribution >= 4 is 34.6 Å². The largest absolute Gasteiger partial charge is 0.370 e. The number of rotatable bonds is 6. The number of aryl methyl sites for hydroxylation is 1. The highest BCUT2D eigenvalue weighted by atomic mass is 35.5. The minimum Gasteiger partial charge on any atom is -0.370 e. The number of nitrogens with one attached hydrogen (secondary N) is 1. The van der Waals surface area contributed by atoms with E-state index in [1.54, 1.807) is 30.3 Å². The van der Waals surface area contributed by atoms with Gasteiger partial charge in [-0.15, -0.1) is 6.58 Å². The first-order valence-corrected chi connectivity index (χ1v) is 7.97. The van der Waals surface area contributed by atoms with E-state index in [1.165, 1.54) is 0 Å². The maximum Gasteiger partial charge on any atom is 0.270 e. The lowest BCUT2D eigenvalue weighted by atomic mass is 10.0. The van der Waals surface area contributed by atoms with Crippen molar-refractivity contribution in [3.63, 3.8) is 0 Å². The first kappa shape index (κ1) is 17.3. The highest BCUT2D eigenvalue weighted by molar-refractivity contribution is 7.80. The van der Waals surface area contributed by atoms with Gasteiger partial charge < -0.3 is 5.32 Å². The van der Waals surface area contributed by atoms with Crippen LogP contribution in [0.5, 0.6) is 0 Å². The summed E-state index contributed by atoms with van der Waals surface area (Å²) in [5.74, 6) is -0.0844. The predicted octanol–water partition coefficient (Wildman–Crippen LogP) is 3.46. The van der Waals surface area contributed by atoms with Crippen molar-refractivity contribution in [2.75, 3.05) is 6.54 Å². The van der Waals surface area contributed by atoms with E-state index in [1.807, 2.05) is 36.0 Å². The van der Waals surface area contributed by atoms with Crippen molar-refractivity contribution in [2.24, 2.45) is 0 Å². The van der Waals surface area contributed by atoms with Crippen molar-refractivity contribution in [1.82, 2.24) is 5.32 Å². The number of carbonyl (C=O) groups excluding carboxylic acids is 1. The van der Waals surface area contributed by atoms with Gasteiger partial charge in [-0.1, -0.05) is 29.9 Å². The number of pyridine rings is 1. The lowest BCUT2D eigenvalue weighted by molar-refractivity contribution is -0.692. The number of carbonyl (C=O) groups is 1. The fourth-order valence-electron chi connectivity index (χ4n) is 2.21. The van der Waals surface area contributed by atoms with Gasteiger partial charge in [0.05, 0.1) is 0 Å². The SMILES string of the molecule is C=CCNC(=S)[C@H](C(=O)c1ccc(Cl)cc1)[n+]1cccc(C)c1. The first-order chi connectivity index (χ1) is 11.0. The summed E-state index contributed by atoms with van der Waals surface area (Å²) < 4.78 is 1.82. The zero-order chi connectivity index (χ0) is 16.8. The number of halogens is 1. The van der Waals surface area contributed by atoms with Gasteiger partial charge in [0.1, 0.15) is 0 Å². The molecule has 0 radical (unpaired) electrons. The van der Waals surface area contributed by atoms with Crippen LogP contribution in [0.1, 0.15) is 22.0 Å². The van der Waals surface area contributed by atoms with Gasteiger partial charge in [0.2, 0.25) is 5.78 Å². The Morgan fingerprint density at radius 2 is 2.09 bits per heavy atom. The molecule has 2 rings (SSSR count). The Morgan fingerprint density at radius 1 is 1.39 bits per heavy atom. The van der Waals surface area contributed by atoms with Crippen molar-refractivity contribution in [3.8, 4) is 0 Å². The van der Waals surface area contributed by atoms with Gasteiger partial charge in [-0.3, -0.25) is 4.79 Å². The highest BCUT2D eigenvalue weighted by Gasteiger charge is 2.32. The number of hydrogen-bond donors (Lipinski definition) is 1. The third-order valence-electron chi connectivity index (χ3n) is 3.31. The number of benzene rings is 1. The minimum absolute atomic E-state index is 0.0844. The van der Waals surface area contributed by atoms with Crippen molar-refractivity contribution < 1.29 is 9.36 Å². The molecule has 1 heterocycles. The second-order valence-electron chi connectivity index (χ2n) is 5.14. The van der Waals surface area contributed by atoms with E-state index in [-0.39, 0.29) is 5.78 Å². The molecule has 118 valence electrons. The molecule has 0 unspecified atom stereocenters. The van der Waals surface area contributed by atoms with Crippen LogP contribution in [0.4, 0.5) is 0 Å². The molecule has 0 saturated heterocycles. The maximum absolute atomic E-state index is 13.0. The molecular weight excluding hydrogens is 328 g/mol. The van der Waals surface area contributed by atoms with Crippen LogP contribution < -0.4 is 9.88 Å². The summed E-state index contributed by atoms with van der Waals surface area (Å²) in [5, 5.41) is 3.65. The monoisotopic (exact) mass is 345 g/mol. The fourth-order valence-corrected chi connectivity index (χ4v) is 2.65. The normalized spacial score (nSPS) is 11.6. The Labute approximate surface area is 146 Å². The smallest absolute Gasteiger partial charge is 0.270 e. The summed E-state index contributed by atoms with van der Waals surface area (Å²) in [4.78, 5) is 13.4. The van der Waals surface area contributed by atoms with Crippen molar-refractivity contribution in [2.45, 2.75) is 13.0 Å². The summed E-state index contributed by atoms with van der Waals surface area (Å²) in [6.07, 6.45) is 5.45. The van der Waals surface area contributed by atoms with Crippen LogP contribution in [0, 0.1) is 6.92 Å². The predicted molar refractivity (Wildman–Crippen MR) is 97.0 cm³/mol. The van der Waals surface area contributed by atoms with Crippen LogP contribution in [-0.4, -0.2) is 17.3 Å². The summed E-state index contributed by atoms with van der Waals surface area (Å²) >= 11 is 11.3. The Balaban J connectivity index is 2.40. The molecule has 1 aromatic carbocycles. The molecule has 0 aliphatic heterocycles. The van der Waals surface area contributed by atoms with Crippen LogP contribution in [0.15, 0.2) is 61.4 Å². The molecule has 0 aliphatic rings. The van der Waals surface area contributed by atoms with E-state index in [2.05, 4.69) is 11.9 Å². The molecule has 5 heteroatoms. The summed E-state index contributed by atoms with van der Waals surface area (Å²) in [6, 6.07) is 10.1. The highest BCUT2D eigenvalue weighted by Crippen LogP contribution is 2.15. The molecule has 0 fully saturated rings. The van der Waals surface area contributed by atoms with E-state index in [0.717, 1.165) is 5.56 Å². The second-order valence-corrected chi connectivity index (χ2v) is 6.01. The Bertz CT molecular complexity index is 728. The Kier molecular flexibility index (Phi) is 6.02. The van der Waals surface area contributed by atoms with Gasteiger partial charge in [-0.2, -0.15) is 4.57 Å². The molecule has 0 saturated carbocycles. The van der Waals surface area contributed by atoms with Crippen LogP contribution >= 0.6 is 23.8 Å². The number of Topliss-reactive ketones (excluding diaryl/α,β-unsaturated/α-hetero) is 1. The molecule has 1 aromatic heterocycles. The molecule has 1 N–H and O–H groups in total. The van der Waals surface area contributed by atoms with E-state index in [9.17, 15) is 4.79 Å². The lowest BCUT2D eigenvalue weighted by Gasteiger charge is -2.14. The zero-order valence-electron chi connectivity index (χ0n) is 12.8. The number of thiocarbonyl (C=S) groups is 1. The summed E-state index contributed by atoms with van der Waals surface area (Å²) in [5.41, 5.74) is 1.61. The molecule has 0 aliphatic carbocycles. The number of ketones is 1. The molecule has 0 bridgehead atoms. The Hall–Kier alpha value is -2.04. The molecule has 3 nitrogen and oxygen atoms in total. The fraction of sp³-hybridized carbons (Fsp3) is 0.167. The van der Waals surface area contributed by atoms with E-state index >= 15 is 0 Å². The van der Waals surface area contributed by atoms with Crippen LogP contribution in [0.3, 0.4) is 0 Å². The van der Waals surface area contributed by atoms with Gasteiger partial charge in [-0.25, -0.2) is 0 Å². The first-order valence-electron chi connectivity index (χ1n) is 7.18. The van der Waals surface area contributed by atoms with Crippen LogP contribution in [0.25, 0.3) is 0 Å². The Morgan fingerprint density at radius 3 is 2.70 bits per heavy atom. The van der Waals surface area contributed by atoms with Gasteiger partial charge in [0.25, 0.3) is 6.04 Å². The third kappa shape index (κ3) is 4.47. The number of aromatic nitrogens is 1. The maximum atomic E-state index is 13.0. The second kappa shape index (κ2) is 7.99. The van der Waals surface area contributed by atoms with Gasteiger partial charge >= 0.3 is 0 Å². The molecule has 0 spiro atoms. The number of hydrogen-bond acceptors (Lipinski definition) is 2. The molecular formula is C18H18ClN2OS+.